The summed E-state index contributed by atoms with van der Waals surface area (Å²) >= 11 is 0. The number of aromatic nitrogens is 1. The van der Waals surface area contributed by atoms with Gasteiger partial charge in [-0.2, -0.15) is 8.42 Å². The summed E-state index contributed by atoms with van der Waals surface area (Å²) in [4.78, 5) is 19.4. The van der Waals surface area contributed by atoms with Crippen LogP contribution >= 0.6 is 0 Å². The van der Waals surface area contributed by atoms with Gasteiger partial charge in [-0.1, -0.05) is 42.5 Å². The SMILES string of the molecule is COc1cc2c(cn1)CO[C@@]21CCN(C(=O)OC(C)(C)C)C[C@@H]1c1ccc(-c2ccccc2COS(C)(=O)=O)cc1C. The van der Waals surface area contributed by atoms with Gasteiger partial charge in [0.1, 0.15) is 11.2 Å². The lowest BCUT2D eigenvalue weighted by atomic mass is 9.71. The van der Waals surface area contributed by atoms with Gasteiger partial charge in [-0.15, -0.1) is 0 Å². The molecule has 0 bridgehead atoms. The summed E-state index contributed by atoms with van der Waals surface area (Å²) in [6.07, 6.45) is 3.10. The predicted molar refractivity (Wildman–Crippen MR) is 159 cm³/mol. The van der Waals surface area contributed by atoms with E-state index in [0.717, 1.165) is 45.2 Å². The zero-order chi connectivity index (χ0) is 30.3. The Bertz CT molecular complexity index is 1600. The first-order chi connectivity index (χ1) is 19.8. The van der Waals surface area contributed by atoms with Crippen LogP contribution in [0.5, 0.6) is 5.88 Å². The van der Waals surface area contributed by atoms with E-state index in [9.17, 15) is 13.2 Å². The first-order valence-corrected chi connectivity index (χ1v) is 15.8. The van der Waals surface area contributed by atoms with E-state index in [2.05, 4.69) is 24.0 Å². The van der Waals surface area contributed by atoms with Crippen molar-refractivity contribution in [3.8, 4) is 17.0 Å². The number of likely N-dealkylation sites (tertiary alicyclic amines) is 1. The molecule has 0 saturated carbocycles. The molecule has 1 amide bonds. The molecule has 2 aliphatic rings. The van der Waals surface area contributed by atoms with Crippen LogP contribution in [0, 0.1) is 6.92 Å². The lowest BCUT2D eigenvalue weighted by molar-refractivity contribution is -0.0956. The standard InChI is InChI=1S/C32H38N2O7S/c1-21-15-22(26-10-8-7-9-23(26)20-40-42(6,36)37)11-12-25(21)28-18-34(30(35)41-31(2,3)4)14-13-32(28)27-16-29(38-5)33-17-24(27)19-39-32/h7-12,15-17,28H,13-14,18-20H2,1-6H3/t28-,32+/m1/s1. The van der Waals surface area contributed by atoms with Gasteiger partial charge < -0.3 is 19.1 Å². The first kappa shape index (κ1) is 30.0. The average Bonchev–Trinajstić information content (AvgIpc) is 3.29. The molecule has 10 heteroatoms. The molecular weight excluding hydrogens is 556 g/mol. The fourth-order valence-corrected chi connectivity index (χ4v) is 6.31. The highest BCUT2D eigenvalue weighted by Gasteiger charge is 2.52. The van der Waals surface area contributed by atoms with Crippen molar-refractivity contribution in [2.24, 2.45) is 0 Å². The van der Waals surface area contributed by atoms with Crippen LogP contribution in [-0.2, 0) is 42.6 Å². The summed E-state index contributed by atoms with van der Waals surface area (Å²) in [6.45, 7) is 8.93. The van der Waals surface area contributed by atoms with E-state index in [1.807, 2.05) is 63.4 Å². The lowest BCUT2D eigenvalue weighted by Gasteiger charge is -2.46. The van der Waals surface area contributed by atoms with Gasteiger partial charge in [0.2, 0.25) is 5.88 Å². The molecule has 2 atom stereocenters. The van der Waals surface area contributed by atoms with Gasteiger partial charge in [0, 0.05) is 36.8 Å². The van der Waals surface area contributed by atoms with E-state index in [1.54, 1.807) is 12.0 Å². The Labute approximate surface area is 247 Å². The molecule has 0 N–H and O–H groups in total. The largest absolute Gasteiger partial charge is 0.481 e. The molecule has 224 valence electrons. The zero-order valence-electron chi connectivity index (χ0n) is 25.0. The van der Waals surface area contributed by atoms with Crippen LogP contribution < -0.4 is 4.74 Å². The van der Waals surface area contributed by atoms with Crippen LogP contribution in [0.2, 0.25) is 0 Å². The highest BCUT2D eigenvalue weighted by atomic mass is 32.2. The molecule has 5 rings (SSSR count). The maximum absolute atomic E-state index is 13.2. The molecule has 3 heterocycles. The Balaban J connectivity index is 1.55. The molecule has 3 aromatic rings. The minimum absolute atomic E-state index is 0.0487. The van der Waals surface area contributed by atoms with Crippen molar-refractivity contribution < 1.29 is 31.6 Å². The smallest absolute Gasteiger partial charge is 0.410 e. The van der Waals surface area contributed by atoms with Crippen molar-refractivity contribution in [2.45, 2.75) is 64.4 Å². The number of carbonyl (C=O) groups excluding carboxylic acids is 1. The van der Waals surface area contributed by atoms with Gasteiger partial charge in [0.15, 0.2) is 0 Å². The van der Waals surface area contributed by atoms with Crippen molar-refractivity contribution in [1.29, 1.82) is 0 Å². The number of amides is 1. The normalized spacial score (nSPS) is 20.4. The van der Waals surface area contributed by atoms with Crippen molar-refractivity contribution in [1.82, 2.24) is 9.88 Å². The molecule has 42 heavy (non-hydrogen) atoms. The molecular formula is C32H38N2O7S. The topological polar surface area (TPSA) is 104 Å². The second-order valence-corrected chi connectivity index (χ2v) is 13.6. The van der Waals surface area contributed by atoms with E-state index in [4.69, 9.17) is 18.4 Å². The third-order valence-corrected chi connectivity index (χ3v) is 8.43. The molecule has 2 aliphatic heterocycles. The molecule has 2 aromatic carbocycles. The van der Waals surface area contributed by atoms with E-state index in [-0.39, 0.29) is 18.6 Å². The van der Waals surface area contributed by atoms with E-state index < -0.39 is 21.3 Å². The highest BCUT2D eigenvalue weighted by Crippen LogP contribution is 2.52. The number of pyridine rings is 1. The van der Waals surface area contributed by atoms with Crippen molar-refractivity contribution in [3.63, 3.8) is 0 Å². The first-order valence-electron chi connectivity index (χ1n) is 14.0. The molecule has 0 aliphatic carbocycles. The minimum Gasteiger partial charge on any atom is -0.481 e. The Morgan fingerprint density at radius 2 is 1.93 bits per heavy atom. The van der Waals surface area contributed by atoms with E-state index in [1.165, 1.54) is 0 Å². The maximum Gasteiger partial charge on any atom is 0.410 e. The van der Waals surface area contributed by atoms with Crippen LogP contribution in [0.1, 0.15) is 60.9 Å². The number of piperidine rings is 1. The predicted octanol–water partition coefficient (Wildman–Crippen LogP) is 5.69. The van der Waals surface area contributed by atoms with Gasteiger partial charge >= 0.3 is 6.09 Å². The van der Waals surface area contributed by atoms with Crippen LogP contribution in [0.25, 0.3) is 11.1 Å². The molecule has 1 aromatic heterocycles. The number of rotatable bonds is 6. The van der Waals surface area contributed by atoms with Crippen LogP contribution in [0.15, 0.2) is 54.7 Å². The number of fused-ring (bicyclic) bond motifs is 2. The minimum atomic E-state index is -3.59. The van der Waals surface area contributed by atoms with Gasteiger partial charge in [-0.25, -0.2) is 9.78 Å². The average molecular weight is 595 g/mol. The Kier molecular flexibility index (Phi) is 8.08. The van der Waals surface area contributed by atoms with Gasteiger partial charge in [0.25, 0.3) is 10.1 Å². The second-order valence-electron chi connectivity index (χ2n) is 12.0. The highest BCUT2D eigenvalue weighted by molar-refractivity contribution is 7.85. The molecule has 9 nitrogen and oxygen atoms in total. The number of ether oxygens (including phenoxy) is 3. The zero-order valence-corrected chi connectivity index (χ0v) is 25.8. The second kappa shape index (κ2) is 11.3. The summed E-state index contributed by atoms with van der Waals surface area (Å²) < 4.78 is 46.3. The van der Waals surface area contributed by atoms with Crippen molar-refractivity contribution in [3.05, 3.63) is 82.5 Å². The number of carbonyl (C=O) groups is 1. The maximum atomic E-state index is 13.2. The molecule has 1 spiro atoms. The van der Waals surface area contributed by atoms with Gasteiger partial charge in [0.05, 0.1) is 26.6 Å². The van der Waals surface area contributed by atoms with Gasteiger partial charge in [-0.05, 0) is 67.5 Å². The summed E-state index contributed by atoms with van der Waals surface area (Å²) in [6, 6.07) is 15.8. The van der Waals surface area contributed by atoms with Gasteiger partial charge in [-0.3, -0.25) is 4.18 Å². The van der Waals surface area contributed by atoms with Crippen LogP contribution in [0.3, 0.4) is 0 Å². The Morgan fingerprint density at radius 3 is 2.62 bits per heavy atom. The summed E-state index contributed by atoms with van der Waals surface area (Å²) in [7, 11) is -1.99. The molecule has 0 unspecified atom stereocenters. The summed E-state index contributed by atoms with van der Waals surface area (Å²) in [5.74, 6) is 0.330. The van der Waals surface area contributed by atoms with E-state index >= 15 is 0 Å². The third-order valence-electron chi connectivity index (χ3n) is 7.88. The number of nitrogens with zero attached hydrogens (tertiary/aromatic N) is 2. The Hall–Kier alpha value is -3.47. The third kappa shape index (κ3) is 6.16. The number of hydrogen-bond donors (Lipinski definition) is 0. The Morgan fingerprint density at radius 1 is 1.17 bits per heavy atom. The van der Waals surface area contributed by atoms with Crippen molar-refractivity contribution in [2.75, 3.05) is 26.5 Å². The number of hydrogen-bond acceptors (Lipinski definition) is 8. The summed E-state index contributed by atoms with van der Waals surface area (Å²) in [5.41, 5.74) is 5.46. The number of methoxy groups -OCH3 is 1. The lowest BCUT2D eigenvalue weighted by Crippen LogP contribution is -2.51. The number of aryl methyl sites for hydroxylation is 1. The quantitative estimate of drug-likeness (QED) is 0.335. The van der Waals surface area contributed by atoms with Crippen molar-refractivity contribution >= 4 is 16.2 Å². The molecule has 1 fully saturated rings. The fraction of sp³-hybridized carbons (Fsp3) is 0.438. The van der Waals surface area contributed by atoms with E-state index in [0.29, 0.717) is 32.0 Å². The fourth-order valence-electron chi connectivity index (χ4n) is 5.97. The van der Waals surface area contributed by atoms with Crippen LogP contribution in [-0.4, -0.2) is 56.5 Å². The number of benzene rings is 2. The molecule has 1 saturated heterocycles. The monoisotopic (exact) mass is 594 g/mol. The van der Waals surface area contributed by atoms with Crippen LogP contribution in [0.4, 0.5) is 4.79 Å². The summed E-state index contributed by atoms with van der Waals surface area (Å²) in [5, 5.41) is 0. The molecule has 0 radical (unpaired) electrons.